The van der Waals surface area contributed by atoms with Crippen LogP contribution in [-0.2, 0) is 16.4 Å². The van der Waals surface area contributed by atoms with Gasteiger partial charge in [-0.25, -0.2) is 13.4 Å². The molecule has 0 saturated carbocycles. The zero-order valence-electron chi connectivity index (χ0n) is 8.53. The fraction of sp³-hybridized carbons (Fsp3) is 0.625. The first-order chi connectivity index (χ1) is 6.45. The topological polar surface area (TPSA) is 74.8 Å². The third kappa shape index (κ3) is 2.55. The lowest BCUT2D eigenvalue weighted by molar-refractivity contribution is 0.589. The van der Waals surface area contributed by atoms with Gasteiger partial charge in [0, 0.05) is 24.7 Å². The Morgan fingerprint density at radius 2 is 2.29 bits per heavy atom. The average molecular weight is 217 g/mol. The molecule has 1 aromatic heterocycles. The standard InChI is InChI=1S/C8H15N3O2S/c1-6(14(3,12)13)8-10-5-7(11-8)4-9-2/h5-6,9H,4H2,1-3H3,(H,10,11). The van der Waals surface area contributed by atoms with Gasteiger partial charge in [0.1, 0.15) is 11.1 Å². The fourth-order valence-corrected chi connectivity index (χ4v) is 1.59. The minimum absolute atomic E-state index is 0.498. The molecular weight excluding hydrogens is 202 g/mol. The molecule has 2 N–H and O–H groups in total. The van der Waals surface area contributed by atoms with E-state index in [-0.39, 0.29) is 0 Å². The van der Waals surface area contributed by atoms with E-state index in [0.29, 0.717) is 12.4 Å². The van der Waals surface area contributed by atoms with Crippen molar-refractivity contribution in [1.82, 2.24) is 15.3 Å². The molecule has 0 fully saturated rings. The van der Waals surface area contributed by atoms with Crippen LogP contribution in [0.4, 0.5) is 0 Å². The number of nitrogens with one attached hydrogen (secondary N) is 2. The number of H-pyrrole nitrogens is 1. The van der Waals surface area contributed by atoms with Crippen LogP contribution >= 0.6 is 0 Å². The van der Waals surface area contributed by atoms with Crippen LogP contribution in [0, 0.1) is 0 Å². The highest BCUT2D eigenvalue weighted by atomic mass is 32.2. The number of aromatic amines is 1. The van der Waals surface area contributed by atoms with Crippen molar-refractivity contribution in [2.45, 2.75) is 18.7 Å². The van der Waals surface area contributed by atoms with Crippen LogP contribution in [0.2, 0.25) is 0 Å². The maximum Gasteiger partial charge on any atom is 0.157 e. The smallest absolute Gasteiger partial charge is 0.157 e. The van der Waals surface area contributed by atoms with Crippen molar-refractivity contribution in [2.75, 3.05) is 13.3 Å². The lowest BCUT2D eigenvalue weighted by Gasteiger charge is -2.04. The molecule has 0 saturated heterocycles. The van der Waals surface area contributed by atoms with Crippen molar-refractivity contribution in [3.63, 3.8) is 0 Å². The summed E-state index contributed by atoms with van der Waals surface area (Å²) in [6, 6.07) is 0. The predicted molar refractivity (Wildman–Crippen MR) is 54.6 cm³/mol. The van der Waals surface area contributed by atoms with Gasteiger partial charge in [0.05, 0.1) is 0 Å². The van der Waals surface area contributed by atoms with E-state index in [4.69, 9.17) is 0 Å². The molecule has 1 rings (SSSR count). The second-order valence-electron chi connectivity index (χ2n) is 3.30. The third-order valence-corrected chi connectivity index (χ3v) is 3.55. The van der Waals surface area contributed by atoms with Crippen molar-refractivity contribution in [3.05, 3.63) is 17.7 Å². The summed E-state index contributed by atoms with van der Waals surface area (Å²) in [6.45, 7) is 2.28. The highest BCUT2D eigenvalue weighted by molar-refractivity contribution is 7.90. The molecule has 14 heavy (non-hydrogen) atoms. The summed E-state index contributed by atoms with van der Waals surface area (Å²) in [5, 5.41) is 2.38. The van der Waals surface area contributed by atoms with E-state index < -0.39 is 15.1 Å². The van der Waals surface area contributed by atoms with Gasteiger partial charge in [-0.1, -0.05) is 0 Å². The molecule has 80 valence electrons. The highest BCUT2D eigenvalue weighted by Crippen LogP contribution is 2.17. The monoisotopic (exact) mass is 217 g/mol. The zero-order valence-corrected chi connectivity index (χ0v) is 9.35. The Balaban J connectivity index is 2.87. The first-order valence-electron chi connectivity index (χ1n) is 4.32. The van der Waals surface area contributed by atoms with Gasteiger partial charge in [0.15, 0.2) is 9.84 Å². The zero-order chi connectivity index (χ0) is 10.8. The van der Waals surface area contributed by atoms with Gasteiger partial charge in [0.2, 0.25) is 0 Å². The highest BCUT2D eigenvalue weighted by Gasteiger charge is 2.19. The van der Waals surface area contributed by atoms with Crippen LogP contribution in [0.3, 0.4) is 0 Å². The largest absolute Gasteiger partial charge is 0.344 e. The molecular formula is C8H15N3O2S. The van der Waals surface area contributed by atoms with E-state index in [0.717, 1.165) is 5.69 Å². The summed E-state index contributed by atoms with van der Waals surface area (Å²) < 4.78 is 22.4. The molecule has 0 spiro atoms. The van der Waals surface area contributed by atoms with Crippen LogP contribution < -0.4 is 5.32 Å². The predicted octanol–water partition coefficient (Wildman–Crippen LogP) is 0.235. The van der Waals surface area contributed by atoms with Crippen LogP contribution in [0.15, 0.2) is 6.20 Å². The van der Waals surface area contributed by atoms with Gasteiger partial charge in [0.25, 0.3) is 0 Å². The number of imidazole rings is 1. The molecule has 0 amide bonds. The molecule has 5 nitrogen and oxygen atoms in total. The van der Waals surface area contributed by atoms with Gasteiger partial charge in [-0.2, -0.15) is 0 Å². The van der Waals surface area contributed by atoms with Crippen LogP contribution in [0.25, 0.3) is 0 Å². The Labute approximate surface area is 83.9 Å². The number of hydrogen-bond donors (Lipinski definition) is 2. The molecule has 0 aromatic carbocycles. The molecule has 1 aromatic rings. The van der Waals surface area contributed by atoms with Crippen LogP contribution in [0.1, 0.15) is 23.7 Å². The Bertz CT molecular complexity index is 396. The van der Waals surface area contributed by atoms with Crippen LogP contribution in [0.5, 0.6) is 0 Å². The summed E-state index contributed by atoms with van der Waals surface area (Å²) in [6.07, 6.45) is 2.85. The van der Waals surface area contributed by atoms with E-state index in [1.54, 1.807) is 13.1 Å². The molecule has 1 atom stereocenters. The Morgan fingerprint density at radius 3 is 2.79 bits per heavy atom. The van der Waals surface area contributed by atoms with Gasteiger partial charge < -0.3 is 10.3 Å². The van der Waals surface area contributed by atoms with Crippen LogP contribution in [-0.4, -0.2) is 31.7 Å². The molecule has 6 heteroatoms. The lowest BCUT2D eigenvalue weighted by Crippen LogP contribution is -2.10. The van der Waals surface area contributed by atoms with E-state index in [2.05, 4.69) is 15.3 Å². The van der Waals surface area contributed by atoms with Gasteiger partial charge in [-0.3, -0.25) is 0 Å². The first-order valence-corrected chi connectivity index (χ1v) is 6.28. The maximum absolute atomic E-state index is 11.2. The van der Waals surface area contributed by atoms with E-state index >= 15 is 0 Å². The molecule has 1 heterocycles. The third-order valence-electron chi connectivity index (χ3n) is 2.04. The second-order valence-corrected chi connectivity index (χ2v) is 5.66. The molecule has 0 radical (unpaired) electrons. The normalized spacial score (nSPS) is 14.2. The van der Waals surface area contributed by atoms with Crippen molar-refractivity contribution in [3.8, 4) is 0 Å². The number of hydrogen-bond acceptors (Lipinski definition) is 4. The molecule has 0 aliphatic rings. The maximum atomic E-state index is 11.2. The fourth-order valence-electron chi connectivity index (χ4n) is 1.07. The van der Waals surface area contributed by atoms with Gasteiger partial charge >= 0.3 is 0 Å². The SMILES string of the molecule is CNCc1cnc(C(C)S(C)(=O)=O)[nH]1. The molecule has 0 bridgehead atoms. The number of nitrogens with zero attached hydrogens (tertiary/aromatic N) is 1. The summed E-state index contributed by atoms with van der Waals surface area (Å²) >= 11 is 0. The van der Waals surface area contributed by atoms with Crippen molar-refractivity contribution in [1.29, 1.82) is 0 Å². The van der Waals surface area contributed by atoms with E-state index in [1.807, 2.05) is 7.05 Å². The molecule has 1 unspecified atom stereocenters. The van der Waals surface area contributed by atoms with Crippen molar-refractivity contribution < 1.29 is 8.42 Å². The summed E-state index contributed by atoms with van der Waals surface area (Å²) in [5.74, 6) is 0.498. The van der Waals surface area contributed by atoms with E-state index in [9.17, 15) is 8.42 Å². The van der Waals surface area contributed by atoms with Gasteiger partial charge in [-0.15, -0.1) is 0 Å². The molecule has 0 aliphatic carbocycles. The Morgan fingerprint density at radius 1 is 1.64 bits per heavy atom. The average Bonchev–Trinajstić information content (AvgIpc) is 2.50. The quantitative estimate of drug-likeness (QED) is 0.757. The number of rotatable bonds is 4. The number of sulfone groups is 1. The summed E-state index contributed by atoms with van der Waals surface area (Å²) in [4.78, 5) is 6.99. The van der Waals surface area contributed by atoms with Crippen molar-refractivity contribution >= 4 is 9.84 Å². The number of aromatic nitrogens is 2. The Hall–Kier alpha value is -0.880. The Kier molecular flexibility index (Phi) is 3.28. The second kappa shape index (κ2) is 4.10. The van der Waals surface area contributed by atoms with E-state index in [1.165, 1.54) is 6.26 Å². The molecule has 0 aliphatic heterocycles. The van der Waals surface area contributed by atoms with Crippen molar-refractivity contribution in [2.24, 2.45) is 0 Å². The summed E-state index contributed by atoms with van der Waals surface area (Å²) in [5.41, 5.74) is 0.887. The minimum atomic E-state index is -3.07. The first kappa shape index (κ1) is 11.2. The van der Waals surface area contributed by atoms with Gasteiger partial charge in [-0.05, 0) is 14.0 Å². The summed E-state index contributed by atoms with van der Waals surface area (Å²) in [7, 11) is -1.25. The minimum Gasteiger partial charge on any atom is -0.344 e. The lowest BCUT2D eigenvalue weighted by atomic mass is 10.4.